The fourth-order valence-corrected chi connectivity index (χ4v) is 1.98. The van der Waals surface area contributed by atoms with Gasteiger partial charge >= 0.3 is 0 Å². The molecule has 3 heteroatoms. The summed E-state index contributed by atoms with van der Waals surface area (Å²) in [4.78, 5) is 0. The SMILES string of the molecule is Cc1nn(C(C)C)c(C)c1C(C)CO. The first-order valence-corrected chi connectivity index (χ1v) is 5.15. The molecule has 80 valence electrons. The summed E-state index contributed by atoms with van der Waals surface area (Å²) in [6.45, 7) is 10.5. The molecule has 0 fully saturated rings. The Hall–Kier alpha value is -0.830. The monoisotopic (exact) mass is 196 g/mol. The molecule has 0 saturated heterocycles. The van der Waals surface area contributed by atoms with Crippen LogP contribution >= 0.6 is 0 Å². The normalized spacial score (nSPS) is 13.6. The van der Waals surface area contributed by atoms with Crippen molar-refractivity contribution >= 4 is 0 Å². The number of aliphatic hydroxyl groups excluding tert-OH is 1. The van der Waals surface area contributed by atoms with Crippen LogP contribution in [0.5, 0.6) is 0 Å². The zero-order valence-corrected chi connectivity index (χ0v) is 9.70. The highest BCUT2D eigenvalue weighted by Gasteiger charge is 2.17. The largest absolute Gasteiger partial charge is 0.396 e. The smallest absolute Gasteiger partial charge is 0.0632 e. The molecule has 0 amide bonds. The van der Waals surface area contributed by atoms with Gasteiger partial charge in [-0.25, -0.2) is 0 Å². The molecule has 1 aromatic rings. The van der Waals surface area contributed by atoms with Gasteiger partial charge in [-0.1, -0.05) is 6.92 Å². The van der Waals surface area contributed by atoms with Crippen molar-refractivity contribution in [2.75, 3.05) is 6.61 Å². The number of hydrogen-bond acceptors (Lipinski definition) is 2. The molecule has 1 aromatic heterocycles. The Balaban J connectivity index is 3.17. The van der Waals surface area contributed by atoms with Crippen molar-refractivity contribution < 1.29 is 5.11 Å². The molecule has 0 spiro atoms. The lowest BCUT2D eigenvalue weighted by molar-refractivity contribution is 0.272. The van der Waals surface area contributed by atoms with Gasteiger partial charge in [0.15, 0.2) is 0 Å². The Labute approximate surface area is 85.8 Å². The maximum atomic E-state index is 9.15. The van der Waals surface area contributed by atoms with E-state index in [0.717, 1.165) is 5.69 Å². The Kier molecular flexibility index (Phi) is 3.32. The van der Waals surface area contributed by atoms with Gasteiger partial charge in [-0.2, -0.15) is 5.10 Å². The molecular formula is C11H20N2O. The molecule has 0 aliphatic carbocycles. The molecule has 0 bridgehead atoms. The second kappa shape index (κ2) is 4.13. The molecule has 1 atom stereocenters. The number of hydrogen-bond donors (Lipinski definition) is 1. The number of rotatable bonds is 3. The fraction of sp³-hybridized carbons (Fsp3) is 0.727. The van der Waals surface area contributed by atoms with Crippen LogP contribution in [-0.2, 0) is 0 Å². The summed E-state index contributed by atoms with van der Waals surface area (Å²) in [7, 11) is 0. The van der Waals surface area contributed by atoms with Gasteiger partial charge in [-0.15, -0.1) is 0 Å². The first-order chi connectivity index (χ1) is 6.49. The highest BCUT2D eigenvalue weighted by molar-refractivity contribution is 5.28. The van der Waals surface area contributed by atoms with Crippen LogP contribution in [0.1, 0.15) is 49.7 Å². The van der Waals surface area contributed by atoms with Crippen molar-refractivity contribution in [3.63, 3.8) is 0 Å². The van der Waals surface area contributed by atoms with Crippen LogP contribution in [0.2, 0.25) is 0 Å². The molecule has 1 N–H and O–H groups in total. The van der Waals surface area contributed by atoms with Gasteiger partial charge in [-0.3, -0.25) is 4.68 Å². The molecule has 1 unspecified atom stereocenters. The van der Waals surface area contributed by atoms with Gasteiger partial charge < -0.3 is 5.11 Å². The van der Waals surface area contributed by atoms with Crippen LogP contribution in [-0.4, -0.2) is 21.5 Å². The minimum Gasteiger partial charge on any atom is -0.396 e. The number of aromatic nitrogens is 2. The molecule has 1 rings (SSSR count). The number of aliphatic hydroxyl groups is 1. The third kappa shape index (κ3) is 1.82. The summed E-state index contributed by atoms with van der Waals surface area (Å²) >= 11 is 0. The van der Waals surface area contributed by atoms with E-state index in [4.69, 9.17) is 5.11 Å². The van der Waals surface area contributed by atoms with Crippen molar-refractivity contribution in [1.82, 2.24) is 9.78 Å². The van der Waals surface area contributed by atoms with Crippen LogP contribution < -0.4 is 0 Å². The van der Waals surface area contributed by atoms with Crippen LogP contribution in [0.15, 0.2) is 0 Å². The van der Waals surface area contributed by atoms with Crippen molar-refractivity contribution in [3.8, 4) is 0 Å². The zero-order valence-electron chi connectivity index (χ0n) is 9.70. The van der Waals surface area contributed by atoms with E-state index in [1.807, 2.05) is 18.5 Å². The second-order valence-corrected chi connectivity index (χ2v) is 4.21. The second-order valence-electron chi connectivity index (χ2n) is 4.21. The molecule has 0 aliphatic rings. The minimum absolute atomic E-state index is 0.183. The van der Waals surface area contributed by atoms with Gasteiger partial charge in [0.05, 0.1) is 5.69 Å². The van der Waals surface area contributed by atoms with E-state index in [-0.39, 0.29) is 12.5 Å². The lowest BCUT2D eigenvalue weighted by Crippen LogP contribution is -2.06. The highest BCUT2D eigenvalue weighted by Crippen LogP contribution is 2.24. The van der Waals surface area contributed by atoms with Crippen molar-refractivity contribution in [2.45, 2.75) is 46.6 Å². The lowest BCUT2D eigenvalue weighted by Gasteiger charge is -2.11. The van der Waals surface area contributed by atoms with Crippen LogP contribution in [0.4, 0.5) is 0 Å². The van der Waals surface area contributed by atoms with Gasteiger partial charge in [0, 0.05) is 29.8 Å². The fourth-order valence-electron chi connectivity index (χ4n) is 1.98. The van der Waals surface area contributed by atoms with E-state index in [2.05, 4.69) is 25.9 Å². The summed E-state index contributed by atoms with van der Waals surface area (Å²) in [6.07, 6.45) is 0. The van der Waals surface area contributed by atoms with Gasteiger partial charge in [0.1, 0.15) is 0 Å². The molecule has 3 nitrogen and oxygen atoms in total. The maximum Gasteiger partial charge on any atom is 0.0632 e. The highest BCUT2D eigenvalue weighted by atomic mass is 16.3. The first-order valence-electron chi connectivity index (χ1n) is 5.15. The predicted molar refractivity (Wildman–Crippen MR) is 57.6 cm³/mol. The zero-order chi connectivity index (χ0) is 10.9. The summed E-state index contributed by atoms with van der Waals surface area (Å²) in [6, 6.07) is 0.383. The van der Waals surface area contributed by atoms with E-state index in [1.54, 1.807) is 0 Å². The summed E-state index contributed by atoms with van der Waals surface area (Å²) < 4.78 is 2.02. The number of aryl methyl sites for hydroxylation is 1. The van der Waals surface area contributed by atoms with Gasteiger partial charge in [0.2, 0.25) is 0 Å². The quantitative estimate of drug-likeness (QED) is 0.804. The Morgan fingerprint density at radius 2 is 1.86 bits per heavy atom. The van der Waals surface area contributed by atoms with E-state index in [0.29, 0.717) is 6.04 Å². The summed E-state index contributed by atoms with van der Waals surface area (Å²) in [5.41, 5.74) is 3.41. The molecule has 1 heterocycles. The Bertz CT molecular complexity index is 315. The van der Waals surface area contributed by atoms with E-state index in [9.17, 15) is 0 Å². The van der Waals surface area contributed by atoms with Gasteiger partial charge in [0.25, 0.3) is 0 Å². The van der Waals surface area contributed by atoms with Gasteiger partial charge in [-0.05, 0) is 27.7 Å². The van der Waals surface area contributed by atoms with Crippen molar-refractivity contribution in [2.24, 2.45) is 0 Å². The van der Waals surface area contributed by atoms with E-state index < -0.39 is 0 Å². The summed E-state index contributed by atoms with van der Waals surface area (Å²) in [5, 5.41) is 13.6. The minimum atomic E-state index is 0.183. The molecule has 0 saturated carbocycles. The summed E-state index contributed by atoms with van der Waals surface area (Å²) in [5.74, 6) is 0.183. The topological polar surface area (TPSA) is 38.0 Å². The van der Waals surface area contributed by atoms with Crippen LogP contribution in [0.25, 0.3) is 0 Å². The third-order valence-electron chi connectivity index (χ3n) is 2.64. The van der Waals surface area contributed by atoms with Crippen molar-refractivity contribution in [3.05, 3.63) is 17.0 Å². The van der Waals surface area contributed by atoms with E-state index >= 15 is 0 Å². The molecular weight excluding hydrogens is 176 g/mol. The average molecular weight is 196 g/mol. The average Bonchev–Trinajstić information content (AvgIpc) is 2.41. The Morgan fingerprint density at radius 1 is 1.29 bits per heavy atom. The maximum absolute atomic E-state index is 9.15. The van der Waals surface area contributed by atoms with Crippen molar-refractivity contribution in [1.29, 1.82) is 0 Å². The molecule has 0 aromatic carbocycles. The standard InChI is InChI=1S/C11H20N2O/c1-7(2)13-10(5)11(8(3)6-14)9(4)12-13/h7-8,14H,6H2,1-5H3. The first kappa shape index (κ1) is 11.2. The lowest BCUT2D eigenvalue weighted by atomic mass is 10.0. The van der Waals surface area contributed by atoms with Crippen LogP contribution in [0.3, 0.4) is 0 Å². The molecule has 0 aliphatic heterocycles. The molecule has 14 heavy (non-hydrogen) atoms. The predicted octanol–water partition coefficient (Wildman–Crippen LogP) is 2.18. The molecule has 0 radical (unpaired) electrons. The van der Waals surface area contributed by atoms with Crippen LogP contribution in [0, 0.1) is 13.8 Å². The van der Waals surface area contributed by atoms with E-state index in [1.165, 1.54) is 11.3 Å². The third-order valence-corrected chi connectivity index (χ3v) is 2.64. The Morgan fingerprint density at radius 3 is 2.21 bits per heavy atom. The number of nitrogens with zero attached hydrogens (tertiary/aromatic N) is 2.